The highest BCUT2D eigenvalue weighted by Gasteiger charge is 2.01. The molecule has 0 fully saturated rings. The fourth-order valence-corrected chi connectivity index (χ4v) is 1.45. The van der Waals surface area contributed by atoms with Crippen molar-refractivity contribution in [2.24, 2.45) is 0 Å². The summed E-state index contributed by atoms with van der Waals surface area (Å²) >= 11 is 2.22. The molecule has 1 N–H and O–H groups in total. The molecule has 1 aromatic rings. The Morgan fingerprint density at radius 1 is 1.58 bits per heavy atom. The number of hydrogen-bond donors (Lipinski definition) is 1. The van der Waals surface area contributed by atoms with E-state index < -0.39 is 0 Å². The molecule has 4 heteroatoms. The quantitative estimate of drug-likeness (QED) is 0.859. The van der Waals surface area contributed by atoms with E-state index in [0.717, 1.165) is 28.1 Å². The normalized spacial score (nSPS) is 9.92. The van der Waals surface area contributed by atoms with Gasteiger partial charge < -0.3 is 5.32 Å². The van der Waals surface area contributed by atoms with Gasteiger partial charge >= 0.3 is 0 Å². The summed E-state index contributed by atoms with van der Waals surface area (Å²) in [5.41, 5.74) is 0. The fourth-order valence-electron chi connectivity index (χ4n) is 0.923. The Balaban J connectivity index is 2.89. The van der Waals surface area contributed by atoms with Gasteiger partial charge in [0.25, 0.3) is 0 Å². The molecule has 0 saturated heterocycles. The van der Waals surface area contributed by atoms with E-state index >= 15 is 0 Å². The van der Waals surface area contributed by atoms with E-state index in [2.05, 4.69) is 44.8 Å². The Labute approximate surface area is 86.1 Å². The smallest absolute Gasteiger partial charge is 0.142 e. The average molecular weight is 277 g/mol. The second kappa shape index (κ2) is 4.59. The van der Waals surface area contributed by atoms with Crippen molar-refractivity contribution in [1.29, 1.82) is 0 Å². The van der Waals surface area contributed by atoms with Crippen LogP contribution < -0.4 is 5.32 Å². The zero-order chi connectivity index (χ0) is 8.97. The second-order valence-electron chi connectivity index (χ2n) is 2.48. The van der Waals surface area contributed by atoms with E-state index in [0.29, 0.717) is 0 Å². The van der Waals surface area contributed by atoms with Crippen LogP contribution in [-0.4, -0.2) is 17.0 Å². The highest BCUT2D eigenvalue weighted by molar-refractivity contribution is 14.1. The zero-order valence-corrected chi connectivity index (χ0v) is 9.42. The third-order valence-electron chi connectivity index (χ3n) is 1.50. The number of halogens is 1. The van der Waals surface area contributed by atoms with Crippen LogP contribution in [0.25, 0.3) is 0 Å². The molecular weight excluding hydrogens is 265 g/mol. The highest BCUT2D eigenvalue weighted by Crippen LogP contribution is 2.13. The van der Waals surface area contributed by atoms with E-state index in [-0.39, 0.29) is 0 Å². The van der Waals surface area contributed by atoms with Crippen LogP contribution in [-0.2, 0) is 6.42 Å². The first-order valence-electron chi connectivity index (χ1n) is 3.97. The predicted octanol–water partition coefficient (Wildman–Crippen LogP) is 2.08. The van der Waals surface area contributed by atoms with Gasteiger partial charge in [-0.3, -0.25) is 0 Å². The average Bonchev–Trinajstić information content (AvgIpc) is 2.09. The van der Waals surface area contributed by atoms with E-state index in [1.54, 1.807) is 0 Å². The fraction of sp³-hybridized carbons (Fsp3) is 0.500. The molecule has 0 amide bonds. The molecule has 0 aliphatic heterocycles. The van der Waals surface area contributed by atoms with Crippen molar-refractivity contribution in [2.75, 3.05) is 12.4 Å². The molecule has 0 saturated carbocycles. The number of nitrogens with zero attached hydrogens (tertiary/aromatic N) is 2. The van der Waals surface area contributed by atoms with Crippen LogP contribution in [0.5, 0.6) is 0 Å². The van der Waals surface area contributed by atoms with E-state index in [1.165, 1.54) is 0 Å². The lowest BCUT2D eigenvalue weighted by atomic mass is 10.3. The van der Waals surface area contributed by atoms with Crippen molar-refractivity contribution < 1.29 is 0 Å². The molecule has 66 valence electrons. The summed E-state index contributed by atoms with van der Waals surface area (Å²) in [5.74, 6) is 1.84. The highest BCUT2D eigenvalue weighted by atomic mass is 127. The summed E-state index contributed by atoms with van der Waals surface area (Å²) in [7, 11) is 1.88. The molecule has 12 heavy (non-hydrogen) atoms. The summed E-state index contributed by atoms with van der Waals surface area (Å²) in [6.45, 7) is 2.13. The SMILES string of the molecule is CCCc1ncc(I)c(NC)n1. The number of hydrogen-bond acceptors (Lipinski definition) is 3. The minimum absolute atomic E-state index is 0.919. The molecule has 0 aliphatic rings. The van der Waals surface area contributed by atoms with E-state index in [1.807, 2.05) is 13.2 Å². The molecule has 0 atom stereocenters. The second-order valence-corrected chi connectivity index (χ2v) is 3.64. The van der Waals surface area contributed by atoms with Crippen molar-refractivity contribution >= 4 is 28.4 Å². The topological polar surface area (TPSA) is 37.8 Å². The van der Waals surface area contributed by atoms with Gasteiger partial charge in [-0.05, 0) is 29.0 Å². The molecule has 0 aliphatic carbocycles. The van der Waals surface area contributed by atoms with Gasteiger partial charge in [-0.2, -0.15) is 0 Å². The molecule has 1 heterocycles. The Kier molecular flexibility index (Phi) is 3.71. The summed E-state index contributed by atoms with van der Waals surface area (Å²) in [6.07, 6.45) is 3.89. The Bertz CT molecular complexity index is 262. The summed E-state index contributed by atoms with van der Waals surface area (Å²) < 4.78 is 1.06. The third kappa shape index (κ3) is 2.30. The summed E-state index contributed by atoms with van der Waals surface area (Å²) in [5, 5.41) is 3.04. The lowest BCUT2D eigenvalue weighted by molar-refractivity contribution is 0.833. The first kappa shape index (κ1) is 9.70. The van der Waals surface area contributed by atoms with Crippen LogP contribution in [0.2, 0.25) is 0 Å². The lowest BCUT2D eigenvalue weighted by Gasteiger charge is -2.03. The molecule has 0 radical (unpaired) electrons. The first-order chi connectivity index (χ1) is 5.77. The maximum absolute atomic E-state index is 4.35. The van der Waals surface area contributed by atoms with E-state index in [4.69, 9.17) is 0 Å². The van der Waals surface area contributed by atoms with Gasteiger partial charge in [-0.15, -0.1) is 0 Å². The van der Waals surface area contributed by atoms with Gasteiger partial charge in [0.2, 0.25) is 0 Å². The number of rotatable bonds is 3. The Morgan fingerprint density at radius 3 is 2.92 bits per heavy atom. The van der Waals surface area contributed by atoms with Gasteiger partial charge in [0, 0.05) is 19.7 Å². The van der Waals surface area contributed by atoms with Crippen molar-refractivity contribution in [3.8, 4) is 0 Å². The minimum atomic E-state index is 0.919. The summed E-state index contributed by atoms with van der Waals surface area (Å²) in [4.78, 5) is 8.57. The van der Waals surface area contributed by atoms with Crippen LogP contribution in [0.1, 0.15) is 19.2 Å². The molecule has 1 rings (SSSR count). The summed E-state index contributed by atoms with van der Waals surface area (Å²) in [6, 6.07) is 0. The van der Waals surface area contributed by atoms with Crippen LogP contribution in [0.4, 0.5) is 5.82 Å². The molecule has 3 nitrogen and oxygen atoms in total. The van der Waals surface area contributed by atoms with Gasteiger partial charge in [0.15, 0.2) is 0 Å². The monoisotopic (exact) mass is 277 g/mol. The maximum atomic E-state index is 4.35. The molecule has 0 spiro atoms. The van der Waals surface area contributed by atoms with Crippen molar-refractivity contribution in [3.05, 3.63) is 15.6 Å². The minimum Gasteiger partial charge on any atom is -0.372 e. The molecule has 0 unspecified atom stereocenters. The molecule has 0 aromatic carbocycles. The molecular formula is C8H12IN3. The number of nitrogens with one attached hydrogen (secondary N) is 1. The Morgan fingerprint density at radius 2 is 2.33 bits per heavy atom. The van der Waals surface area contributed by atoms with Crippen molar-refractivity contribution in [2.45, 2.75) is 19.8 Å². The van der Waals surface area contributed by atoms with Crippen LogP contribution in [0, 0.1) is 3.57 Å². The Hall–Kier alpha value is -0.390. The standard InChI is InChI=1S/C8H12IN3/c1-3-4-7-11-5-6(9)8(10-2)12-7/h5H,3-4H2,1-2H3,(H,10,11,12). The van der Waals surface area contributed by atoms with Gasteiger partial charge in [-0.1, -0.05) is 6.92 Å². The number of aromatic nitrogens is 2. The lowest BCUT2D eigenvalue weighted by Crippen LogP contribution is -2.01. The van der Waals surface area contributed by atoms with Crippen LogP contribution in [0.3, 0.4) is 0 Å². The van der Waals surface area contributed by atoms with Crippen molar-refractivity contribution in [1.82, 2.24) is 9.97 Å². The van der Waals surface area contributed by atoms with Crippen LogP contribution >= 0.6 is 22.6 Å². The molecule has 0 bridgehead atoms. The van der Waals surface area contributed by atoms with Gasteiger partial charge in [0.1, 0.15) is 11.6 Å². The number of anilines is 1. The zero-order valence-electron chi connectivity index (χ0n) is 7.26. The van der Waals surface area contributed by atoms with Gasteiger partial charge in [0.05, 0.1) is 3.57 Å². The predicted molar refractivity (Wildman–Crippen MR) is 58.3 cm³/mol. The maximum Gasteiger partial charge on any atom is 0.142 e. The van der Waals surface area contributed by atoms with Gasteiger partial charge in [-0.25, -0.2) is 9.97 Å². The molecule has 1 aromatic heterocycles. The first-order valence-corrected chi connectivity index (χ1v) is 5.05. The largest absolute Gasteiger partial charge is 0.372 e. The third-order valence-corrected chi connectivity index (χ3v) is 2.29. The van der Waals surface area contributed by atoms with E-state index in [9.17, 15) is 0 Å². The van der Waals surface area contributed by atoms with Crippen LogP contribution in [0.15, 0.2) is 6.20 Å². The number of aryl methyl sites for hydroxylation is 1. The van der Waals surface area contributed by atoms with Crippen molar-refractivity contribution in [3.63, 3.8) is 0 Å².